The lowest BCUT2D eigenvalue weighted by atomic mass is 10.1. The van der Waals surface area contributed by atoms with Crippen LogP contribution in [0.4, 0.5) is 5.69 Å². The first-order chi connectivity index (χ1) is 12.5. The van der Waals surface area contributed by atoms with Gasteiger partial charge in [0, 0.05) is 32.4 Å². The van der Waals surface area contributed by atoms with Crippen molar-refractivity contribution in [1.29, 1.82) is 0 Å². The minimum absolute atomic E-state index is 0.439. The summed E-state index contributed by atoms with van der Waals surface area (Å²) >= 11 is 0.439. The molecule has 3 rings (SSSR count). The van der Waals surface area contributed by atoms with Crippen molar-refractivity contribution in [2.75, 3.05) is 33.2 Å². The summed E-state index contributed by atoms with van der Waals surface area (Å²) in [6.07, 6.45) is 0. The van der Waals surface area contributed by atoms with E-state index in [0.717, 1.165) is 16.8 Å². The average Bonchev–Trinajstić information content (AvgIpc) is 2.99. The summed E-state index contributed by atoms with van der Waals surface area (Å²) in [6.45, 7) is 0. The van der Waals surface area contributed by atoms with E-state index in [-0.39, 0.29) is 0 Å². The molecule has 136 valence electrons. The normalized spacial score (nSPS) is 10.7. The second kappa shape index (κ2) is 7.21. The van der Waals surface area contributed by atoms with E-state index in [1.807, 2.05) is 67.0 Å². The maximum Gasteiger partial charge on any atom is 0.155 e. The highest BCUT2D eigenvalue weighted by Gasteiger charge is 2.22. The predicted octanol–water partition coefficient (Wildman–Crippen LogP) is 2.44. The third-order valence-electron chi connectivity index (χ3n) is 4.30. The zero-order chi connectivity index (χ0) is 18.8. The van der Waals surface area contributed by atoms with E-state index in [1.165, 1.54) is 0 Å². The first-order valence-corrected chi connectivity index (χ1v) is 8.78. The number of fused-ring (bicyclic) bond motifs is 1. The van der Waals surface area contributed by atoms with E-state index in [0.29, 0.717) is 39.0 Å². The van der Waals surface area contributed by atoms with Crippen LogP contribution in [-0.4, -0.2) is 46.9 Å². The number of hydrogen-bond acceptors (Lipinski definition) is 5. The summed E-state index contributed by atoms with van der Waals surface area (Å²) in [5.74, 6) is 1.90. The number of nitrogens with zero attached hydrogens (tertiary/aromatic N) is 3. The van der Waals surface area contributed by atoms with Crippen LogP contribution in [0.25, 0.3) is 11.0 Å². The van der Waals surface area contributed by atoms with Crippen LogP contribution >= 0.6 is 0 Å². The molecular formula is C19H21N3O3S. The lowest BCUT2D eigenvalue weighted by Gasteiger charge is -2.17. The fourth-order valence-corrected chi connectivity index (χ4v) is 3.57. The largest absolute Gasteiger partial charge is 0.494 e. The molecule has 3 aromatic rings. The third-order valence-corrected chi connectivity index (χ3v) is 4.87. The average molecular weight is 371 g/mol. The van der Waals surface area contributed by atoms with Gasteiger partial charge in [-0.25, -0.2) is 9.19 Å². The molecule has 0 aliphatic heterocycles. The molecule has 0 amide bonds. The molecule has 0 bridgehead atoms. The third kappa shape index (κ3) is 2.84. The second-order valence-electron chi connectivity index (χ2n) is 5.99. The zero-order valence-corrected chi connectivity index (χ0v) is 16.3. The van der Waals surface area contributed by atoms with E-state index in [2.05, 4.69) is 0 Å². The van der Waals surface area contributed by atoms with Gasteiger partial charge in [0.05, 0.1) is 14.2 Å². The smallest absolute Gasteiger partial charge is 0.155 e. The Hall–Kier alpha value is -2.80. The summed E-state index contributed by atoms with van der Waals surface area (Å²) in [4.78, 5) is 7.26. The Kier molecular flexibility index (Phi) is 4.99. The van der Waals surface area contributed by atoms with Gasteiger partial charge in [0.2, 0.25) is 0 Å². The maximum absolute atomic E-state index is 12.1. The monoisotopic (exact) mass is 371 g/mol. The van der Waals surface area contributed by atoms with E-state index in [1.54, 1.807) is 14.2 Å². The highest BCUT2D eigenvalue weighted by atomic mass is 32.1. The van der Waals surface area contributed by atoms with Gasteiger partial charge < -0.3 is 18.9 Å². The molecule has 0 saturated heterocycles. The van der Waals surface area contributed by atoms with Crippen LogP contribution in [0, 0.1) is 0 Å². The first kappa shape index (κ1) is 18.0. The van der Waals surface area contributed by atoms with E-state index >= 15 is 0 Å². The Morgan fingerprint density at radius 2 is 1.73 bits per heavy atom. The Bertz CT molecular complexity index is 1020. The number of aryl methyl sites for hydroxylation is 1. The Labute approximate surface area is 156 Å². The predicted molar refractivity (Wildman–Crippen MR) is 106 cm³/mol. The van der Waals surface area contributed by atoms with Gasteiger partial charge in [-0.2, -0.15) is 0 Å². The number of methoxy groups -OCH3 is 2. The van der Waals surface area contributed by atoms with Crippen molar-refractivity contribution in [3.8, 4) is 11.5 Å². The molecule has 26 heavy (non-hydrogen) atoms. The van der Waals surface area contributed by atoms with Gasteiger partial charge in [-0.05, 0) is 18.2 Å². The van der Waals surface area contributed by atoms with E-state index in [4.69, 9.17) is 14.5 Å². The molecule has 0 N–H and O–H groups in total. The van der Waals surface area contributed by atoms with Crippen LogP contribution in [0.15, 0.2) is 36.4 Å². The molecule has 0 saturated carbocycles. The topological polar surface area (TPSA) is 56.6 Å². The Balaban J connectivity index is 2.31. The summed E-state index contributed by atoms with van der Waals surface area (Å²) < 4.78 is 24.9. The SMILES string of the molecule is COc1ccc(OC)c2c1nc(C(=S=O)c1ccccc1N(C)C)n2C. The second-order valence-corrected chi connectivity index (χ2v) is 6.56. The molecule has 0 aliphatic carbocycles. The molecule has 6 nitrogen and oxygen atoms in total. The van der Waals surface area contributed by atoms with E-state index in [9.17, 15) is 4.21 Å². The summed E-state index contributed by atoms with van der Waals surface area (Å²) in [7, 11) is 8.99. The van der Waals surface area contributed by atoms with Crippen LogP contribution < -0.4 is 14.4 Å². The molecular weight excluding hydrogens is 350 g/mol. The molecule has 0 unspecified atom stereocenters. The van der Waals surface area contributed by atoms with Crippen LogP contribution in [0.2, 0.25) is 0 Å². The van der Waals surface area contributed by atoms with Crippen molar-refractivity contribution in [2.24, 2.45) is 7.05 Å². The lowest BCUT2D eigenvalue weighted by Crippen LogP contribution is -2.17. The molecule has 0 atom stereocenters. The fraction of sp³-hybridized carbons (Fsp3) is 0.263. The zero-order valence-electron chi connectivity index (χ0n) is 15.4. The highest BCUT2D eigenvalue weighted by molar-refractivity contribution is 7.67. The minimum atomic E-state index is 0.439. The molecule has 0 fully saturated rings. The van der Waals surface area contributed by atoms with Crippen LogP contribution in [0.3, 0.4) is 0 Å². The number of ether oxygens (including phenoxy) is 2. The Morgan fingerprint density at radius 3 is 2.35 bits per heavy atom. The first-order valence-electron chi connectivity index (χ1n) is 8.04. The van der Waals surface area contributed by atoms with Gasteiger partial charge in [0.15, 0.2) is 5.82 Å². The van der Waals surface area contributed by atoms with Gasteiger partial charge in [-0.15, -0.1) is 0 Å². The van der Waals surface area contributed by atoms with Crippen molar-refractivity contribution in [1.82, 2.24) is 9.55 Å². The molecule has 7 heteroatoms. The number of rotatable bonds is 5. The van der Waals surface area contributed by atoms with Crippen molar-refractivity contribution in [2.45, 2.75) is 0 Å². The van der Waals surface area contributed by atoms with Crippen molar-refractivity contribution >= 4 is 32.8 Å². The lowest BCUT2D eigenvalue weighted by molar-refractivity contribution is 0.409. The van der Waals surface area contributed by atoms with Gasteiger partial charge in [0.1, 0.15) is 38.7 Å². The minimum Gasteiger partial charge on any atom is -0.494 e. The van der Waals surface area contributed by atoms with Crippen molar-refractivity contribution < 1.29 is 13.7 Å². The summed E-state index contributed by atoms with van der Waals surface area (Å²) in [5, 5.41) is 0. The van der Waals surface area contributed by atoms with Gasteiger partial charge in [-0.3, -0.25) is 0 Å². The van der Waals surface area contributed by atoms with Gasteiger partial charge >= 0.3 is 0 Å². The number of anilines is 1. The number of hydrogen-bond donors (Lipinski definition) is 0. The number of imidazole rings is 1. The molecule has 1 heterocycles. The van der Waals surface area contributed by atoms with Crippen molar-refractivity contribution in [3.63, 3.8) is 0 Å². The molecule has 0 spiro atoms. The summed E-state index contributed by atoms with van der Waals surface area (Å²) in [6, 6.07) is 11.4. The van der Waals surface area contributed by atoms with Gasteiger partial charge in [-0.1, -0.05) is 18.2 Å². The number of para-hydroxylation sites is 1. The quantitative estimate of drug-likeness (QED) is 0.509. The fourth-order valence-electron chi connectivity index (χ4n) is 3.05. The van der Waals surface area contributed by atoms with Crippen LogP contribution in [0.1, 0.15) is 11.4 Å². The van der Waals surface area contributed by atoms with Crippen molar-refractivity contribution in [3.05, 3.63) is 47.8 Å². The Morgan fingerprint density at radius 1 is 1.08 bits per heavy atom. The molecule has 0 aliphatic rings. The number of aromatic nitrogens is 2. The maximum atomic E-state index is 12.1. The highest BCUT2D eigenvalue weighted by Crippen LogP contribution is 2.34. The van der Waals surface area contributed by atoms with E-state index < -0.39 is 0 Å². The van der Waals surface area contributed by atoms with Crippen LogP contribution in [-0.2, 0) is 18.3 Å². The molecule has 1 aromatic heterocycles. The molecule has 2 aromatic carbocycles. The number of benzene rings is 2. The van der Waals surface area contributed by atoms with Crippen LogP contribution in [0.5, 0.6) is 11.5 Å². The summed E-state index contributed by atoms with van der Waals surface area (Å²) in [5.41, 5.74) is 3.25. The van der Waals surface area contributed by atoms with Gasteiger partial charge in [0.25, 0.3) is 0 Å². The standard InChI is InChI=1S/C19H21N3O3S/c1-21(2)13-9-7-6-8-12(13)18(26-23)19-20-16-14(24-4)10-11-15(25-5)17(16)22(19)3/h6-11H,1-5H3. The molecule has 0 radical (unpaired) electrons.